The molecule has 3 rings (SSSR count). The normalized spacial score (nSPS) is 15.1. The van der Waals surface area contributed by atoms with Gasteiger partial charge in [0.15, 0.2) is 17.3 Å². The molecule has 1 aliphatic rings. The number of carbonyl (C=O) groups excluding carboxylic acids is 1. The van der Waals surface area contributed by atoms with E-state index in [2.05, 4.69) is 30.9 Å². The summed E-state index contributed by atoms with van der Waals surface area (Å²) in [6.45, 7) is 0.489. The van der Waals surface area contributed by atoms with Gasteiger partial charge in [-0.05, 0) is 34.5 Å². The summed E-state index contributed by atoms with van der Waals surface area (Å²) in [6.07, 6.45) is 1.94. The predicted octanol–water partition coefficient (Wildman–Crippen LogP) is 2.45. The van der Waals surface area contributed by atoms with Crippen molar-refractivity contribution < 1.29 is 25.0 Å². The second-order valence-corrected chi connectivity index (χ2v) is 7.97. The highest BCUT2D eigenvalue weighted by Crippen LogP contribution is 2.46. The number of halogens is 1. The molecule has 12 heteroatoms. The minimum atomic E-state index is -0.522. The highest BCUT2D eigenvalue weighted by Gasteiger charge is 2.31. The number of nitrogen functional groups attached to an aromatic ring is 1. The standard InChI is InChI=1S/C17H18BrN5O5S/c18-9-5-10(24)11(25)6-12(9)29-17-8(1-3-28-4-2-13(26)23-27)14-15(22-17)16(19)21-7-20-14/h5-8,24-25,27H,1-4H2,(H,23,26)(H2,19,20,21). The molecule has 6 N–H and O–H groups in total. The van der Waals surface area contributed by atoms with Crippen LogP contribution in [0.5, 0.6) is 11.5 Å². The first kappa shape index (κ1) is 21.3. The van der Waals surface area contributed by atoms with Gasteiger partial charge in [0, 0.05) is 16.0 Å². The maximum absolute atomic E-state index is 11.0. The maximum Gasteiger partial charge on any atom is 0.245 e. The highest BCUT2D eigenvalue weighted by molar-refractivity contribution is 9.10. The lowest BCUT2D eigenvalue weighted by atomic mass is 10.0. The molecule has 2 aromatic rings. The number of anilines is 1. The van der Waals surface area contributed by atoms with Crippen LogP contribution in [0, 0.1) is 0 Å². The molecule has 10 nitrogen and oxygen atoms in total. The Morgan fingerprint density at radius 3 is 2.79 bits per heavy atom. The van der Waals surface area contributed by atoms with Gasteiger partial charge < -0.3 is 20.7 Å². The number of hydrogen-bond acceptors (Lipinski definition) is 10. The van der Waals surface area contributed by atoms with Crippen molar-refractivity contribution in [1.82, 2.24) is 15.4 Å². The number of thioether (sulfide) groups is 1. The molecule has 2 heterocycles. The number of hydrogen-bond donors (Lipinski definition) is 5. The first-order chi connectivity index (χ1) is 13.9. The first-order valence-electron chi connectivity index (χ1n) is 8.49. The van der Waals surface area contributed by atoms with Crippen molar-refractivity contribution >= 4 is 50.1 Å². The van der Waals surface area contributed by atoms with E-state index in [4.69, 9.17) is 15.7 Å². The van der Waals surface area contributed by atoms with Crippen molar-refractivity contribution in [3.63, 3.8) is 0 Å². The number of aromatic hydroxyl groups is 2. The quantitative estimate of drug-likeness (QED) is 0.172. The Labute approximate surface area is 178 Å². The number of phenolic OH excluding ortho intramolecular Hbond substituents is 2. The number of aliphatic imine (C=N–C) groups is 1. The summed E-state index contributed by atoms with van der Waals surface area (Å²) in [5, 5.41) is 28.6. The summed E-state index contributed by atoms with van der Waals surface area (Å²) in [5.74, 6) is -0.942. The van der Waals surface area contributed by atoms with Gasteiger partial charge in [0.2, 0.25) is 5.91 Å². The molecular weight excluding hydrogens is 466 g/mol. The molecule has 154 valence electrons. The SMILES string of the molecule is Nc1ncnc2c1N=C(Sc1cc(O)c(O)cc1Br)C2CCOCCC(=O)NO. The number of hydroxylamine groups is 1. The van der Waals surface area contributed by atoms with Gasteiger partial charge in [0.05, 0.1) is 29.7 Å². The molecule has 1 aromatic heterocycles. The monoisotopic (exact) mass is 483 g/mol. The number of nitrogens with zero attached hydrogens (tertiary/aromatic N) is 3. The smallest absolute Gasteiger partial charge is 0.245 e. The molecule has 1 aliphatic heterocycles. The van der Waals surface area contributed by atoms with Crippen molar-refractivity contribution in [3.8, 4) is 11.5 Å². The van der Waals surface area contributed by atoms with Crippen LogP contribution in [0.25, 0.3) is 0 Å². The summed E-state index contributed by atoms with van der Waals surface area (Å²) in [5.41, 5.74) is 8.66. The van der Waals surface area contributed by atoms with Gasteiger partial charge in [-0.3, -0.25) is 10.0 Å². The van der Waals surface area contributed by atoms with Crippen molar-refractivity contribution in [1.29, 1.82) is 0 Å². The number of rotatable bonds is 7. The summed E-state index contributed by atoms with van der Waals surface area (Å²) < 4.78 is 6.07. The Hall–Kier alpha value is -2.41. The van der Waals surface area contributed by atoms with Crippen molar-refractivity contribution in [2.75, 3.05) is 18.9 Å². The van der Waals surface area contributed by atoms with E-state index in [0.29, 0.717) is 38.8 Å². The zero-order chi connectivity index (χ0) is 21.0. The van der Waals surface area contributed by atoms with Crippen LogP contribution in [0.1, 0.15) is 24.5 Å². The van der Waals surface area contributed by atoms with E-state index in [9.17, 15) is 15.0 Å². The number of amides is 1. The van der Waals surface area contributed by atoms with Crippen molar-refractivity contribution in [2.24, 2.45) is 4.99 Å². The molecule has 1 unspecified atom stereocenters. The fourth-order valence-electron chi connectivity index (χ4n) is 2.68. The van der Waals surface area contributed by atoms with Crippen LogP contribution in [0.4, 0.5) is 11.5 Å². The molecule has 29 heavy (non-hydrogen) atoms. The maximum atomic E-state index is 11.0. The van der Waals surface area contributed by atoms with E-state index in [-0.39, 0.29) is 36.3 Å². The van der Waals surface area contributed by atoms with Crippen molar-refractivity contribution in [2.45, 2.75) is 23.7 Å². The highest BCUT2D eigenvalue weighted by atomic mass is 79.9. The van der Waals surface area contributed by atoms with Crippen molar-refractivity contribution in [3.05, 3.63) is 28.6 Å². The molecule has 0 aliphatic carbocycles. The number of phenols is 2. The Morgan fingerprint density at radius 1 is 1.28 bits per heavy atom. The minimum Gasteiger partial charge on any atom is -0.504 e. The van der Waals surface area contributed by atoms with Crippen LogP contribution in [0.15, 0.2) is 32.8 Å². The lowest BCUT2D eigenvalue weighted by Crippen LogP contribution is -2.20. The number of carbonyl (C=O) groups is 1. The molecule has 0 spiro atoms. The molecular formula is C17H18BrN5O5S. The summed E-state index contributed by atoms with van der Waals surface area (Å²) >= 11 is 4.67. The lowest BCUT2D eigenvalue weighted by Gasteiger charge is -2.14. The van der Waals surface area contributed by atoms with E-state index < -0.39 is 5.91 Å². The van der Waals surface area contributed by atoms with Gasteiger partial charge in [-0.15, -0.1) is 0 Å². The van der Waals surface area contributed by atoms with Gasteiger partial charge >= 0.3 is 0 Å². The number of aromatic nitrogens is 2. The Kier molecular flexibility index (Phi) is 6.90. The van der Waals surface area contributed by atoms with Crippen LogP contribution in [0.3, 0.4) is 0 Å². The first-order valence-corrected chi connectivity index (χ1v) is 10.1. The van der Waals surface area contributed by atoms with Gasteiger partial charge in [0.25, 0.3) is 0 Å². The third-order valence-corrected chi connectivity index (χ3v) is 6.18. The third-order valence-electron chi connectivity index (χ3n) is 4.12. The van der Waals surface area contributed by atoms with Gasteiger partial charge in [-0.2, -0.15) is 0 Å². The van der Waals surface area contributed by atoms with E-state index in [1.807, 2.05) is 0 Å². The average Bonchev–Trinajstić information content (AvgIpc) is 3.04. The van der Waals surface area contributed by atoms with Crippen LogP contribution >= 0.6 is 27.7 Å². The summed E-state index contributed by atoms with van der Waals surface area (Å²) in [7, 11) is 0. The summed E-state index contributed by atoms with van der Waals surface area (Å²) in [6, 6.07) is 2.84. The Bertz CT molecular complexity index is 958. The number of nitrogens with one attached hydrogen (secondary N) is 1. The number of ether oxygens (including phenoxy) is 1. The van der Waals surface area contributed by atoms with Crippen LogP contribution < -0.4 is 11.2 Å². The molecule has 0 bridgehead atoms. The molecule has 0 fully saturated rings. The van der Waals surface area contributed by atoms with E-state index in [1.165, 1.54) is 30.2 Å². The van der Waals surface area contributed by atoms with Crippen LogP contribution in [-0.4, -0.2) is 49.6 Å². The fraction of sp³-hybridized carbons (Fsp3) is 0.294. The third kappa shape index (κ3) is 4.96. The molecule has 1 amide bonds. The number of fused-ring (bicyclic) bond motifs is 1. The number of nitrogens with two attached hydrogens (primary N) is 1. The Balaban J connectivity index is 1.76. The van der Waals surface area contributed by atoms with Crippen LogP contribution in [0.2, 0.25) is 0 Å². The van der Waals surface area contributed by atoms with Gasteiger partial charge in [-0.1, -0.05) is 11.8 Å². The second kappa shape index (κ2) is 9.39. The zero-order valence-corrected chi connectivity index (χ0v) is 17.4. The van der Waals surface area contributed by atoms with Gasteiger partial charge in [0.1, 0.15) is 12.0 Å². The van der Waals surface area contributed by atoms with E-state index in [0.717, 1.165) is 0 Å². The molecule has 0 saturated carbocycles. The van der Waals surface area contributed by atoms with Gasteiger partial charge in [-0.25, -0.2) is 20.4 Å². The topological polar surface area (TPSA) is 163 Å². The second-order valence-electron chi connectivity index (χ2n) is 6.05. The number of benzene rings is 1. The molecule has 1 atom stereocenters. The largest absolute Gasteiger partial charge is 0.504 e. The Morgan fingerprint density at radius 2 is 2.03 bits per heavy atom. The van der Waals surface area contributed by atoms with E-state index in [1.54, 1.807) is 5.48 Å². The predicted molar refractivity (Wildman–Crippen MR) is 110 cm³/mol. The lowest BCUT2D eigenvalue weighted by molar-refractivity contribution is -0.130. The zero-order valence-electron chi connectivity index (χ0n) is 15.0. The van der Waals surface area contributed by atoms with Crippen LogP contribution in [-0.2, 0) is 9.53 Å². The average molecular weight is 484 g/mol. The van der Waals surface area contributed by atoms with E-state index >= 15 is 0 Å². The molecule has 0 saturated heterocycles. The minimum absolute atomic E-state index is 0.0439. The summed E-state index contributed by atoms with van der Waals surface area (Å²) in [4.78, 5) is 24.6. The fourth-order valence-corrected chi connectivity index (χ4v) is 4.32. The molecule has 0 radical (unpaired) electrons. The molecule has 1 aromatic carbocycles.